The summed E-state index contributed by atoms with van der Waals surface area (Å²) in [7, 11) is 0. The Morgan fingerprint density at radius 3 is 2.96 bits per heavy atom. The second-order valence-corrected chi connectivity index (χ2v) is 9.71. The molecule has 1 unspecified atom stereocenters. The van der Waals surface area contributed by atoms with Crippen molar-refractivity contribution < 1.29 is 40.2 Å². The van der Waals surface area contributed by atoms with Crippen molar-refractivity contribution in [1.29, 1.82) is 0 Å². The third kappa shape index (κ3) is 6.76. The molecule has 148 valence electrons. The molecule has 3 aliphatic rings. The first-order valence-electron chi connectivity index (χ1n) is 9.83. The molecule has 0 radical (unpaired) electrons. The van der Waals surface area contributed by atoms with Gasteiger partial charge in [-0.15, -0.1) is 0 Å². The maximum atomic E-state index is 12.1. The summed E-state index contributed by atoms with van der Waals surface area (Å²) in [5, 5.41) is 3.42. The molecule has 0 bridgehead atoms. The fraction of sp³-hybridized carbons (Fsp3) is 0.750. The number of alkyl halides is 1. The van der Waals surface area contributed by atoms with Crippen molar-refractivity contribution in [3.8, 4) is 0 Å². The summed E-state index contributed by atoms with van der Waals surface area (Å²) in [4.78, 5) is 12.1. The topological polar surface area (TPSA) is 56.8 Å². The molecule has 26 heavy (non-hydrogen) atoms. The van der Waals surface area contributed by atoms with Gasteiger partial charge < -0.3 is 4.74 Å². The standard InChI is InChI=1S/C20H31INO4/c1-15-11-19(22-14-21-13-15)25-18-4-2-3-16(12-18)5-6-20(23)26-17-7-9-24-10-8-17/h11,13,16-18,22H,2-10,12,14H2,1H3/q-1/t16?,18-/m1/s1. The first kappa shape index (κ1) is 20.0. The van der Waals surface area contributed by atoms with E-state index < -0.39 is 0 Å². The first-order valence-corrected chi connectivity index (χ1v) is 12.6. The predicted octanol–water partition coefficient (Wildman–Crippen LogP) is 0.459. The van der Waals surface area contributed by atoms with Crippen LogP contribution in [0.5, 0.6) is 0 Å². The molecule has 0 amide bonds. The Morgan fingerprint density at radius 2 is 2.12 bits per heavy atom. The van der Waals surface area contributed by atoms with Gasteiger partial charge in [-0.2, -0.15) is 0 Å². The van der Waals surface area contributed by atoms with Crippen LogP contribution in [0.4, 0.5) is 0 Å². The van der Waals surface area contributed by atoms with Crippen LogP contribution in [0, 0.1) is 5.92 Å². The molecule has 5 nitrogen and oxygen atoms in total. The average molecular weight is 476 g/mol. The summed E-state index contributed by atoms with van der Waals surface area (Å²) in [6.45, 7) is 3.56. The summed E-state index contributed by atoms with van der Waals surface area (Å²) in [5.74, 6) is 1.45. The molecule has 1 N–H and O–H groups in total. The van der Waals surface area contributed by atoms with Crippen molar-refractivity contribution in [3.63, 3.8) is 0 Å². The van der Waals surface area contributed by atoms with Gasteiger partial charge in [-0.25, -0.2) is 0 Å². The van der Waals surface area contributed by atoms with E-state index in [-0.39, 0.29) is 39.4 Å². The van der Waals surface area contributed by atoms with Gasteiger partial charge in [-0.3, -0.25) is 0 Å². The van der Waals surface area contributed by atoms with Crippen molar-refractivity contribution >= 4 is 5.97 Å². The Balaban J connectivity index is 1.39. The Bertz CT molecular complexity index is 528. The normalized spacial score (nSPS) is 27.9. The van der Waals surface area contributed by atoms with Crippen LogP contribution in [0.15, 0.2) is 21.6 Å². The van der Waals surface area contributed by atoms with E-state index in [0.717, 1.165) is 42.5 Å². The summed E-state index contributed by atoms with van der Waals surface area (Å²) in [6, 6.07) is 0. The Labute approximate surface area is 167 Å². The second-order valence-electron chi connectivity index (χ2n) is 7.44. The van der Waals surface area contributed by atoms with Gasteiger partial charge in [0, 0.05) is 12.8 Å². The maximum absolute atomic E-state index is 12.1. The molecule has 1 aliphatic carbocycles. The predicted molar refractivity (Wildman–Crippen MR) is 95.8 cm³/mol. The summed E-state index contributed by atoms with van der Waals surface area (Å²) in [6.07, 6.45) is 10.1. The molecule has 0 spiro atoms. The van der Waals surface area contributed by atoms with Gasteiger partial charge in [-0.1, -0.05) is 0 Å². The molecule has 2 aliphatic heterocycles. The summed E-state index contributed by atoms with van der Waals surface area (Å²) in [5.41, 5.74) is 1.31. The molecule has 2 atom stereocenters. The van der Waals surface area contributed by atoms with Gasteiger partial charge in [0.1, 0.15) is 0 Å². The molecule has 1 saturated carbocycles. The number of nitrogens with one attached hydrogen (secondary N) is 1. The van der Waals surface area contributed by atoms with E-state index in [1.54, 1.807) is 0 Å². The molecule has 3 rings (SSSR count). The minimum absolute atomic E-state index is 0.0437. The number of hydrogen-bond acceptors (Lipinski definition) is 5. The van der Waals surface area contributed by atoms with E-state index in [1.165, 1.54) is 18.4 Å². The number of esters is 1. The van der Waals surface area contributed by atoms with Crippen molar-refractivity contribution in [2.24, 2.45) is 5.92 Å². The third-order valence-corrected chi connectivity index (χ3v) is 7.42. The van der Waals surface area contributed by atoms with Gasteiger partial charge in [0.2, 0.25) is 0 Å². The summed E-state index contributed by atoms with van der Waals surface area (Å²) >= 11 is 0.0999. The third-order valence-electron chi connectivity index (χ3n) is 5.18. The molecule has 6 heteroatoms. The van der Waals surface area contributed by atoms with Crippen LogP contribution in [-0.4, -0.2) is 35.9 Å². The van der Waals surface area contributed by atoms with Crippen LogP contribution >= 0.6 is 0 Å². The molecular weight excluding hydrogens is 445 g/mol. The second kappa shape index (κ2) is 10.5. The number of carbonyl (C=O) groups excluding carboxylic acids is 1. The molecule has 0 aromatic heterocycles. The van der Waals surface area contributed by atoms with Crippen LogP contribution in [0.2, 0.25) is 0 Å². The van der Waals surface area contributed by atoms with E-state index in [9.17, 15) is 4.79 Å². The van der Waals surface area contributed by atoms with E-state index in [0.29, 0.717) is 25.6 Å². The molecular formula is C20H31INO4-. The van der Waals surface area contributed by atoms with Crippen molar-refractivity contribution in [1.82, 2.24) is 5.32 Å². The minimum atomic E-state index is -0.0437. The Morgan fingerprint density at radius 1 is 1.27 bits per heavy atom. The van der Waals surface area contributed by atoms with Crippen molar-refractivity contribution in [2.75, 3.05) is 17.8 Å². The number of hydrogen-bond donors (Lipinski definition) is 1. The molecule has 0 aromatic carbocycles. The van der Waals surface area contributed by atoms with E-state index in [2.05, 4.69) is 22.4 Å². The van der Waals surface area contributed by atoms with Crippen LogP contribution in [0.1, 0.15) is 58.3 Å². The molecule has 2 fully saturated rings. The number of rotatable bonds is 6. The van der Waals surface area contributed by atoms with Crippen molar-refractivity contribution in [2.45, 2.75) is 70.5 Å². The van der Waals surface area contributed by atoms with Gasteiger partial charge in [0.25, 0.3) is 0 Å². The monoisotopic (exact) mass is 476 g/mol. The van der Waals surface area contributed by atoms with Crippen LogP contribution < -0.4 is 26.5 Å². The molecule has 0 aromatic rings. The van der Waals surface area contributed by atoms with Crippen LogP contribution in [-0.2, 0) is 19.0 Å². The zero-order valence-electron chi connectivity index (χ0n) is 15.7. The Hall–Kier alpha value is -0.760. The zero-order valence-corrected chi connectivity index (χ0v) is 17.8. The van der Waals surface area contributed by atoms with Gasteiger partial charge in [-0.05, 0) is 0 Å². The quantitative estimate of drug-likeness (QED) is 0.261. The number of allylic oxidation sites excluding steroid dienone is 2. The van der Waals surface area contributed by atoms with E-state index in [1.807, 2.05) is 0 Å². The average Bonchev–Trinajstić information content (AvgIpc) is 2.85. The SMILES string of the molecule is CC1=C[I-]CNC(O[C@@H]2CCCC(CCC(=O)OC3CCOCC3)C2)=C1. The van der Waals surface area contributed by atoms with Gasteiger partial charge >= 0.3 is 137 Å². The fourth-order valence-electron chi connectivity index (χ4n) is 3.78. The van der Waals surface area contributed by atoms with Gasteiger partial charge in [0.05, 0.1) is 13.2 Å². The number of carbonyl (C=O) groups is 1. The van der Waals surface area contributed by atoms with Gasteiger partial charge in [0.15, 0.2) is 0 Å². The molecule has 1 saturated heterocycles. The Kier molecular flexibility index (Phi) is 8.10. The molecule has 2 heterocycles. The number of halogens is 1. The fourth-order valence-corrected chi connectivity index (χ4v) is 5.47. The van der Waals surface area contributed by atoms with E-state index in [4.69, 9.17) is 14.2 Å². The van der Waals surface area contributed by atoms with Crippen LogP contribution in [0.3, 0.4) is 0 Å². The van der Waals surface area contributed by atoms with Crippen molar-refractivity contribution in [3.05, 3.63) is 21.6 Å². The zero-order chi connectivity index (χ0) is 18.2. The summed E-state index contributed by atoms with van der Waals surface area (Å²) < 4.78 is 20.5. The first-order chi connectivity index (χ1) is 12.7. The van der Waals surface area contributed by atoms with E-state index >= 15 is 0 Å². The van der Waals surface area contributed by atoms with Crippen LogP contribution in [0.25, 0.3) is 0 Å². The number of ether oxygens (including phenoxy) is 3.